The van der Waals surface area contributed by atoms with E-state index < -0.39 is 0 Å². The van der Waals surface area contributed by atoms with Crippen LogP contribution in [0.4, 0.5) is 5.69 Å². The Morgan fingerprint density at radius 3 is 2.78 bits per heavy atom. The highest BCUT2D eigenvalue weighted by Gasteiger charge is 2.08. The van der Waals surface area contributed by atoms with Gasteiger partial charge in [0.15, 0.2) is 0 Å². The molecule has 0 spiro atoms. The molecule has 1 heterocycles. The van der Waals surface area contributed by atoms with Crippen molar-refractivity contribution in [2.45, 2.75) is 12.8 Å². The zero-order chi connectivity index (χ0) is 12.8. The van der Waals surface area contributed by atoms with Crippen molar-refractivity contribution in [3.05, 3.63) is 41.8 Å². The summed E-state index contributed by atoms with van der Waals surface area (Å²) >= 11 is 7.25. The SMILES string of the molecule is O=C(CCCCl)Nc1ccccc1-c1cccs1. The van der Waals surface area contributed by atoms with Crippen molar-refractivity contribution in [2.24, 2.45) is 0 Å². The second kappa shape index (κ2) is 6.57. The molecule has 2 nitrogen and oxygen atoms in total. The number of nitrogens with one attached hydrogen (secondary N) is 1. The standard InChI is InChI=1S/C14H14ClNOS/c15-9-3-8-14(17)16-12-6-2-1-5-11(12)13-7-4-10-18-13/h1-2,4-7,10H,3,8-9H2,(H,16,17). The molecule has 1 N–H and O–H groups in total. The highest BCUT2D eigenvalue weighted by atomic mass is 35.5. The summed E-state index contributed by atoms with van der Waals surface area (Å²) in [4.78, 5) is 12.9. The van der Waals surface area contributed by atoms with E-state index in [4.69, 9.17) is 11.6 Å². The average Bonchev–Trinajstić information content (AvgIpc) is 2.91. The van der Waals surface area contributed by atoms with Gasteiger partial charge in [0.2, 0.25) is 5.91 Å². The lowest BCUT2D eigenvalue weighted by Crippen LogP contribution is -2.11. The number of amides is 1. The molecule has 2 aromatic rings. The van der Waals surface area contributed by atoms with Crippen LogP contribution in [0.2, 0.25) is 0 Å². The number of alkyl halides is 1. The number of thiophene rings is 1. The number of carbonyl (C=O) groups excluding carboxylic acids is 1. The fourth-order valence-corrected chi connectivity index (χ4v) is 2.58. The molecule has 18 heavy (non-hydrogen) atoms. The van der Waals surface area contributed by atoms with Crippen LogP contribution >= 0.6 is 22.9 Å². The van der Waals surface area contributed by atoms with E-state index in [1.807, 2.05) is 35.7 Å². The van der Waals surface area contributed by atoms with Gasteiger partial charge in [-0.2, -0.15) is 0 Å². The van der Waals surface area contributed by atoms with E-state index in [0.29, 0.717) is 18.7 Å². The Morgan fingerprint density at radius 2 is 2.06 bits per heavy atom. The van der Waals surface area contributed by atoms with E-state index in [1.54, 1.807) is 11.3 Å². The Balaban J connectivity index is 2.16. The van der Waals surface area contributed by atoms with E-state index in [-0.39, 0.29) is 5.91 Å². The monoisotopic (exact) mass is 279 g/mol. The number of hydrogen-bond donors (Lipinski definition) is 1. The molecule has 0 saturated heterocycles. The van der Waals surface area contributed by atoms with Crippen molar-refractivity contribution in [3.8, 4) is 10.4 Å². The first-order valence-corrected chi connectivity index (χ1v) is 7.21. The summed E-state index contributed by atoms with van der Waals surface area (Å²) in [5.41, 5.74) is 1.92. The number of anilines is 1. The zero-order valence-corrected chi connectivity index (χ0v) is 11.4. The molecule has 0 atom stereocenters. The number of hydrogen-bond acceptors (Lipinski definition) is 2. The molecule has 0 aliphatic carbocycles. The average molecular weight is 280 g/mol. The third-order valence-electron chi connectivity index (χ3n) is 2.53. The van der Waals surface area contributed by atoms with Crippen LogP contribution in [0.3, 0.4) is 0 Å². The Morgan fingerprint density at radius 1 is 1.22 bits per heavy atom. The maximum absolute atomic E-state index is 11.7. The van der Waals surface area contributed by atoms with E-state index in [1.165, 1.54) is 0 Å². The number of benzene rings is 1. The number of rotatable bonds is 5. The third kappa shape index (κ3) is 3.34. The lowest BCUT2D eigenvalue weighted by atomic mass is 10.1. The molecule has 1 aromatic carbocycles. The predicted octanol–water partition coefficient (Wildman–Crippen LogP) is 4.37. The molecule has 4 heteroatoms. The fraction of sp³-hybridized carbons (Fsp3) is 0.214. The predicted molar refractivity (Wildman–Crippen MR) is 78.3 cm³/mol. The van der Waals surface area contributed by atoms with Crippen molar-refractivity contribution in [2.75, 3.05) is 11.2 Å². The topological polar surface area (TPSA) is 29.1 Å². The number of carbonyl (C=O) groups is 1. The third-order valence-corrected chi connectivity index (χ3v) is 3.70. The molecular weight excluding hydrogens is 266 g/mol. The van der Waals surface area contributed by atoms with Gasteiger partial charge in [-0.15, -0.1) is 22.9 Å². The van der Waals surface area contributed by atoms with Crippen LogP contribution in [0.15, 0.2) is 41.8 Å². The molecule has 0 aliphatic rings. The molecule has 94 valence electrons. The highest BCUT2D eigenvalue weighted by molar-refractivity contribution is 7.13. The summed E-state index contributed by atoms with van der Waals surface area (Å²) in [6, 6.07) is 11.9. The summed E-state index contributed by atoms with van der Waals surface area (Å²) in [6.45, 7) is 0. The second-order valence-corrected chi connectivity index (χ2v) is 5.19. The van der Waals surface area contributed by atoms with Gasteiger partial charge in [-0.3, -0.25) is 4.79 Å². The molecule has 0 saturated carbocycles. The van der Waals surface area contributed by atoms with Crippen molar-refractivity contribution in [3.63, 3.8) is 0 Å². The van der Waals surface area contributed by atoms with Gasteiger partial charge in [0.05, 0.1) is 0 Å². The van der Waals surface area contributed by atoms with Crippen LogP contribution in [0.25, 0.3) is 10.4 Å². The summed E-state index contributed by atoms with van der Waals surface area (Å²) in [5.74, 6) is 0.527. The van der Waals surface area contributed by atoms with Gasteiger partial charge in [-0.05, 0) is 23.9 Å². The van der Waals surface area contributed by atoms with E-state index in [2.05, 4.69) is 11.4 Å². The molecule has 2 rings (SSSR count). The molecule has 0 aliphatic heterocycles. The summed E-state index contributed by atoms with van der Waals surface area (Å²) in [6.07, 6.45) is 1.16. The number of para-hydroxylation sites is 1. The molecule has 0 bridgehead atoms. The summed E-state index contributed by atoms with van der Waals surface area (Å²) in [7, 11) is 0. The molecule has 0 fully saturated rings. The largest absolute Gasteiger partial charge is 0.325 e. The first-order chi connectivity index (χ1) is 8.81. The first-order valence-electron chi connectivity index (χ1n) is 5.80. The van der Waals surface area contributed by atoms with Gasteiger partial charge in [0.1, 0.15) is 0 Å². The van der Waals surface area contributed by atoms with Crippen LogP contribution in [0.5, 0.6) is 0 Å². The Kier molecular flexibility index (Phi) is 4.79. The first kappa shape index (κ1) is 13.1. The minimum Gasteiger partial charge on any atom is -0.325 e. The van der Waals surface area contributed by atoms with Crippen molar-refractivity contribution < 1.29 is 4.79 Å². The minimum absolute atomic E-state index is 0.0136. The Hall–Kier alpha value is -1.32. The molecule has 1 aromatic heterocycles. The molecule has 0 radical (unpaired) electrons. The highest BCUT2D eigenvalue weighted by Crippen LogP contribution is 2.31. The Labute approximate surface area is 116 Å². The smallest absolute Gasteiger partial charge is 0.224 e. The fourth-order valence-electron chi connectivity index (χ4n) is 1.68. The van der Waals surface area contributed by atoms with Crippen LogP contribution < -0.4 is 5.32 Å². The van der Waals surface area contributed by atoms with Gasteiger partial charge in [-0.25, -0.2) is 0 Å². The molecule has 0 unspecified atom stereocenters. The van der Waals surface area contributed by atoms with Gasteiger partial charge in [0, 0.05) is 28.4 Å². The minimum atomic E-state index is 0.0136. The summed E-state index contributed by atoms with van der Waals surface area (Å²) < 4.78 is 0. The Bertz CT molecular complexity index is 510. The van der Waals surface area contributed by atoms with Crippen LogP contribution in [-0.2, 0) is 4.79 Å². The summed E-state index contributed by atoms with van der Waals surface area (Å²) in [5, 5.41) is 4.97. The maximum atomic E-state index is 11.7. The number of halogens is 1. The quantitative estimate of drug-likeness (QED) is 0.809. The lowest BCUT2D eigenvalue weighted by Gasteiger charge is -2.09. The lowest BCUT2D eigenvalue weighted by molar-refractivity contribution is -0.116. The molecular formula is C14H14ClNOS. The van der Waals surface area contributed by atoms with Gasteiger partial charge >= 0.3 is 0 Å². The zero-order valence-electron chi connectivity index (χ0n) is 9.86. The molecule has 1 amide bonds. The van der Waals surface area contributed by atoms with Crippen molar-refractivity contribution in [1.29, 1.82) is 0 Å². The van der Waals surface area contributed by atoms with Crippen molar-refractivity contribution in [1.82, 2.24) is 0 Å². The van der Waals surface area contributed by atoms with Crippen molar-refractivity contribution >= 4 is 34.5 Å². The van der Waals surface area contributed by atoms with Gasteiger partial charge < -0.3 is 5.32 Å². The van der Waals surface area contributed by atoms with Gasteiger partial charge in [-0.1, -0.05) is 24.3 Å². The van der Waals surface area contributed by atoms with E-state index >= 15 is 0 Å². The van der Waals surface area contributed by atoms with Crippen LogP contribution in [-0.4, -0.2) is 11.8 Å². The van der Waals surface area contributed by atoms with Gasteiger partial charge in [0.25, 0.3) is 0 Å². The van der Waals surface area contributed by atoms with E-state index in [9.17, 15) is 4.79 Å². The second-order valence-electron chi connectivity index (χ2n) is 3.86. The normalized spacial score (nSPS) is 10.3. The van der Waals surface area contributed by atoms with E-state index in [0.717, 1.165) is 16.1 Å². The van der Waals surface area contributed by atoms with Crippen LogP contribution in [0.1, 0.15) is 12.8 Å². The van der Waals surface area contributed by atoms with Crippen LogP contribution in [0, 0.1) is 0 Å². The maximum Gasteiger partial charge on any atom is 0.224 e.